The van der Waals surface area contributed by atoms with E-state index in [0.717, 1.165) is 18.5 Å². The molecule has 1 aromatic heterocycles. The van der Waals surface area contributed by atoms with Gasteiger partial charge in [0.1, 0.15) is 5.56 Å². The summed E-state index contributed by atoms with van der Waals surface area (Å²) in [6.45, 7) is 5.88. The molecule has 1 amide bonds. The van der Waals surface area contributed by atoms with Gasteiger partial charge in [-0.2, -0.15) is 0 Å². The van der Waals surface area contributed by atoms with Crippen molar-refractivity contribution in [3.05, 3.63) is 33.7 Å². The minimum atomic E-state index is -0.633. The fourth-order valence-corrected chi connectivity index (χ4v) is 4.39. The van der Waals surface area contributed by atoms with Crippen LogP contribution in [0.1, 0.15) is 55.6 Å². The van der Waals surface area contributed by atoms with Gasteiger partial charge in [-0.25, -0.2) is 0 Å². The standard InChI is InChI=1S/C18H24N2O4/c1-4-18(17(23)24-5-2)10-12-7-9-14(18)20(12)16(22)13-8-6-11(3)19-15(13)21/h6,8,12,14H,4-5,7,9-10H2,1-3H3,(H,19,21)/t12-,14+,18+/m1/s1. The van der Waals surface area contributed by atoms with E-state index in [1.165, 1.54) is 0 Å². The largest absolute Gasteiger partial charge is 0.466 e. The van der Waals surface area contributed by atoms with Gasteiger partial charge < -0.3 is 14.6 Å². The molecule has 0 unspecified atom stereocenters. The Morgan fingerprint density at radius 2 is 2.08 bits per heavy atom. The highest BCUT2D eigenvalue weighted by molar-refractivity contribution is 5.95. The number of esters is 1. The molecule has 6 nitrogen and oxygen atoms in total. The zero-order valence-electron chi connectivity index (χ0n) is 14.4. The van der Waals surface area contributed by atoms with Crippen molar-refractivity contribution in [2.45, 2.75) is 58.5 Å². The highest BCUT2D eigenvalue weighted by atomic mass is 16.5. The van der Waals surface area contributed by atoms with E-state index < -0.39 is 5.41 Å². The predicted octanol–water partition coefficient (Wildman–Crippen LogP) is 2.02. The van der Waals surface area contributed by atoms with E-state index in [2.05, 4.69) is 4.98 Å². The second-order valence-corrected chi connectivity index (χ2v) is 6.78. The van der Waals surface area contributed by atoms with Crippen LogP contribution >= 0.6 is 0 Å². The molecule has 0 radical (unpaired) electrons. The molecule has 3 rings (SSSR count). The van der Waals surface area contributed by atoms with Gasteiger partial charge in [0.2, 0.25) is 0 Å². The SMILES string of the molecule is CCOC(=O)[C@@]1(CC)C[C@H]2CC[C@@H]1N2C(=O)c1ccc(C)[nH]c1=O. The Bertz CT molecular complexity index is 726. The summed E-state index contributed by atoms with van der Waals surface area (Å²) in [6, 6.07) is 3.13. The van der Waals surface area contributed by atoms with Crippen LogP contribution in [0.4, 0.5) is 0 Å². The maximum Gasteiger partial charge on any atom is 0.314 e. The minimum absolute atomic E-state index is 0.00700. The summed E-state index contributed by atoms with van der Waals surface area (Å²) >= 11 is 0. The first-order chi connectivity index (χ1) is 11.4. The molecule has 1 N–H and O–H groups in total. The Hall–Kier alpha value is -2.11. The molecule has 0 aliphatic carbocycles. The molecule has 0 saturated carbocycles. The molecule has 0 aromatic carbocycles. The second-order valence-electron chi connectivity index (χ2n) is 6.78. The number of hydrogen-bond donors (Lipinski definition) is 1. The molecule has 130 valence electrons. The zero-order chi connectivity index (χ0) is 17.5. The number of rotatable bonds is 4. The Kier molecular flexibility index (Phi) is 4.24. The lowest BCUT2D eigenvalue weighted by Gasteiger charge is -2.34. The van der Waals surface area contributed by atoms with Gasteiger partial charge in [-0.3, -0.25) is 14.4 Å². The third kappa shape index (κ3) is 2.36. The van der Waals surface area contributed by atoms with Crippen LogP contribution in [0.2, 0.25) is 0 Å². The van der Waals surface area contributed by atoms with E-state index in [-0.39, 0.29) is 35.1 Å². The van der Waals surface area contributed by atoms with E-state index in [1.807, 2.05) is 6.92 Å². The normalized spacial score (nSPS) is 28.2. The monoisotopic (exact) mass is 332 g/mol. The molecule has 24 heavy (non-hydrogen) atoms. The molecule has 6 heteroatoms. The number of nitrogens with one attached hydrogen (secondary N) is 1. The Morgan fingerprint density at radius 1 is 1.33 bits per heavy atom. The van der Waals surface area contributed by atoms with E-state index in [9.17, 15) is 14.4 Å². The number of hydrogen-bond acceptors (Lipinski definition) is 4. The average molecular weight is 332 g/mol. The number of aryl methyl sites for hydroxylation is 1. The Morgan fingerprint density at radius 3 is 2.71 bits per heavy atom. The molecule has 2 saturated heterocycles. The average Bonchev–Trinajstić information content (AvgIpc) is 3.10. The van der Waals surface area contributed by atoms with Crippen molar-refractivity contribution < 1.29 is 14.3 Å². The lowest BCUT2D eigenvalue weighted by Crippen LogP contribution is -2.46. The van der Waals surface area contributed by atoms with Crippen molar-refractivity contribution in [3.63, 3.8) is 0 Å². The van der Waals surface area contributed by atoms with Gasteiger partial charge in [0.15, 0.2) is 0 Å². The van der Waals surface area contributed by atoms with Crippen LogP contribution in [0, 0.1) is 12.3 Å². The fourth-order valence-electron chi connectivity index (χ4n) is 4.39. The van der Waals surface area contributed by atoms with Crippen LogP contribution in [0.25, 0.3) is 0 Å². The number of aromatic nitrogens is 1. The second kappa shape index (κ2) is 6.07. The molecule has 3 heterocycles. The van der Waals surface area contributed by atoms with Crippen molar-refractivity contribution in [3.8, 4) is 0 Å². The van der Waals surface area contributed by atoms with Gasteiger partial charge >= 0.3 is 5.97 Å². The summed E-state index contributed by atoms with van der Waals surface area (Å²) in [5.74, 6) is -0.487. The van der Waals surface area contributed by atoms with Crippen LogP contribution < -0.4 is 5.56 Å². The molecule has 2 fully saturated rings. The maximum atomic E-state index is 13.0. The van der Waals surface area contributed by atoms with E-state index in [4.69, 9.17) is 4.74 Å². The maximum absolute atomic E-state index is 13.0. The summed E-state index contributed by atoms with van der Waals surface area (Å²) in [5, 5.41) is 0. The molecule has 3 atom stereocenters. The zero-order valence-corrected chi connectivity index (χ0v) is 14.4. The molecule has 2 bridgehead atoms. The summed E-state index contributed by atoms with van der Waals surface area (Å²) < 4.78 is 5.30. The van der Waals surface area contributed by atoms with Crippen molar-refractivity contribution in [2.24, 2.45) is 5.41 Å². The number of aromatic amines is 1. The van der Waals surface area contributed by atoms with Crippen molar-refractivity contribution in [2.75, 3.05) is 6.61 Å². The topological polar surface area (TPSA) is 79.5 Å². The lowest BCUT2D eigenvalue weighted by molar-refractivity contribution is -0.157. The first-order valence-corrected chi connectivity index (χ1v) is 8.64. The van der Waals surface area contributed by atoms with Crippen LogP contribution in [-0.4, -0.2) is 40.5 Å². The number of H-pyrrole nitrogens is 1. The summed E-state index contributed by atoms with van der Waals surface area (Å²) in [5.41, 5.74) is -0.139. The Balaban J connectivity index is 1.94. The summed E-state index contributed by atoms with van der Waals surface area (Å²) in [6.07, 6.45) is 2.93. The van der Waals surface area contributed by atoms with E-state index in [1.54, 1.807) is 30.9 Å². The smallest absolute Gasteiger partial charge is 0.314 e. The number of carbonyl (C=O) groups excluding carboxylic acids is 2. The quantitative estimate of drug-likeness (QED) is 0.856. The first kappa shape index (κ1) is 16.7. The molecule has 2 aliphatic heterocycles. The van der Waals surface area contributed by atoms with E-state index in [0.29, 0.717) is 19.4 Å². The van der Waals surface area contributed by atoms with Crippen LogP contribution in [0.5, 0.6) is 0 Å². The fraction of sp³-hybridized carbons (Fsp3) is 0.611. The highest BCUT2D eigenvalue weighted by Crippen LogP contribution is 2.52. The van der Waals surface area contributed by atoms with Crippen LogP contribution in [-0.2, 0) is 9.53 Å². The molecular weight excluding hydrogens is 308 g/mol. The summed E-state index contributed by atoms with van der Waals surface area (Å²) in [4.78, 5) is 42.1. The van der Waals surface area contributed by atoms with Crippen molar-refractivity contribution in [1.82, 2.24) is 9.88 Å². The summed E-state index contributed by atoms with van der Waals surface area (Å²) in [7, 11) is 0. The number of carbonyl (C=O) groups is 2. The van der Waals surface area contributed by atoms with E-state index >= 15 is 0 Å². The van der Waals surface area contributed by atoms with Crippen molar-refractivity contribution in [1.29, 1.82) is 0 Å². The highest BCUT2D eigenvalue weighted by Gasteiger charge is 2.61. The van der Waals surface area contributed by atoms with Gasteiger partial charge in [-0.15, -0.1) is 0 Å². The Labute approximate surface area is 141 Å². The number of pyridine rings is 1. The van der Waals surface area contributed by atoms with Crippen molar-refractivity contribution >= 4 is 11.9 Å². The predicted molar refractivity (Wildman–Crippen MR) is 88.8 cm³/mol. The van der Waals surface area contributed by atoms with Gasteiger partial charge in [-0.05, 0) is 51.7 Å². The molecule has 1 aromatic rings. The molecular formula is C18H24N2O4. The number of fused-ring (bicyclic) bond motifs is 2. The third-order valence-corrected chi connectivity index (χ3v) is 5.57. The van der Waals surface area contributed by atoms with Crippen LogP contribution in [0.3, 0.4) is 0 Å². The first-order valence-electron chi connectivity index (χ1n) is 8.64. The number of amides is 1. The van der Waals surface area contributed by atoms with Gasteiger partial charge in [0.05, 0.1) is 12.0 Å². The molecule has 2 aliphatic rings. The lowest BCUT2D eigenvalue weighted by atomic mass is 9.72. The van der Waals surface area contributed by atoms with Crippen LogP contribution in [0.15, 0.2) is 16.9 Å². The third-order valence-electron chi connectivity index (χ3n) is 5.57. The van der Waals surface area contributed by atoms with Gasteiger partial charge in [0.25, 0.3) is 11.5 Å². The van der Waals surface area contributed by atoms with Gasteiger partial charge in [0, 0.05) is 17.8 Å². The number of ether oxygens (including phenoxy) is 1. The molecule has 0 spiro atoms. The number of nitrogens with zero attached hydrogens (tertiary/aromatic N) is 1. The van der Waals surface area contributed by atoms with Gasteiger partial charge in [-0.1, -0.05) is 6.92 Å². The minimum Gasteiger partial charge on any atom is -0.466 e.